The first-order valence-electron chi connectivity index (χ1n) is 9.50. The van der Waals surface area contributed by atoms with Crippen molar-refractivity contribution >= 4 is 28.2 Å². The molecular formula is C21H21FN4O2S. The third-order valence-corrected chi connectivity index (χ3v) is 5.99. The Morgan fingerprint density at radius 1 is 1.24 bits per heavy atom. The molecule has 150 valence electrons. The zero-order chi connectivity index (χ0) is 20.4. The quantitative estimate of drug-likeness (QED) is 0.667. The summed E-state index contributed by atoms with van der Waals surface area (Å²) in [5.74, 6) is -0.0118. The van der Waals surface area contributed by atoms with E-state index in [2.05, 4.69) is 20.2 Å². The van der Waals surface area contributed by atoms with Crippen LogP contribution in [0.4, 0.5) is 9.39 Å². The summed E-state index contributed by atoms with van der Waals surface area (Å²) in [6, 6.07) is 7.22. The first-order valence-corrected chi connectivity index (χ1v) is 10.3. The van der Waals surface area contributed by atoms with Gasteiger partial charge in [-0.1, -0.05) is 6.07 Å². The second-order valence-electron chi connectivity index (χ2n) is 7.07. The van der Waals surface area contributed by atoms with Gasteiger partial charge in [-0.25, -0.2) is 9.37 Å². The zero-order valence-corrected chi connectivity index (χ0v) is 16.8. The Hall–Kier alpha value is -3.00. The number of amides is 2. The number of hydrogen-bond donors (Lipinski definition) is 2. The number of nitrogens with zero attached hydrogens (tertiary/aromatic N) is 2. The molecule has 2 aromatic heterocycles. The average Bonchev–Trinajstić information content (AvgIpc) is 3.28. The van der Waals surface area contributed by atoms with Crippen molar-refractivity contribution in [1.82, 2.24) is 14.9 Å². The maximum atomic E-state index is 13.3. The number of nitrogens with one attached hydrogen (secondary N) is 2. The molecule has 0 saturated carbocycles. The van der Waals surface area contributed by atoms with Crippen molar-refractivity contribution in [3.63, 3.8) is 0 Å². The summed E-state index contributed by atoms with van der Waals surface area (Å²) < 4.78 is 15.5. The lowest BCUT2D eigenvalue weighted by Crippen LogP contribution is -2.22. The Morgan fingerprint density at radius 3 is 2.90 bits per heavy atom. The number of fused-ring (bicyclic) bond motifs is 1. The van der Waals surface area contributed by atoms with E-state index in [4.69, 9.17) is 0 Å². The second kappa shape index (κ2) is 8.16. The van der Waals surface area contributed by atoms with Crippen LogP contribution in [0, 0.1) is 12.7 Å². The van der Waals surface area contributed by atoms with Crippen LogP contribution in [0.2, 0.25) is 0 Å². The highest BCUT2D eigenvalue weighted by Gasteiger charge is 2.17. The molecule has 0 spiro atoms. The molecule has 3 aromatic rings. The van der Waals surface area contributed by atoms with Gasteiger partial charge in [-0.2, -0.15) is 0 Å². The summed E-state index contributed by atoms with van der Waals surface area (Å²) in [4.78, 5) is 30.0. The molecule has 0 fully saturated rings. The molecule has 1 aliphatic heterocycles. The van der Waals surface area contributed by atoms with Crippen molar-refractivity contribution in [2.24, 2.45) is 0 Å². The van der Waals surface area contributed by atoms with Gasteiger partial charge in [0.05, 0.1) is 22.1 Å². The van der Waals surface area contributed by atoms with Crippen molar-refractivity contribution in [1.29, 1.82) is 0 Å². The molecule has 4 rings (SSSR count). The summed E-state index contributed by atoms with van der Waals surface area (Å²) in [5.41, 5.74) is 1.85. The van der Waals surface area contributed by atoms with Gasteiger partial charge in [-0.15, -0.1) is 11.3 Å². The number of anilines is 1. The summed E-state index contributed by atoms with van der Waals surface area (Å²) in [5, 5.41) is 6.17. The number of hydrogen-bond acceptors (Lipinski definition) is 4. The molecule has 0 atom stereocenters. The van der Waals surface area contributed by atoms with Gasteiger partial charge in [0.15, 0.2) is 0 Å². The third-order valence-electron chi connectivity index (χ3n) is 4.84. The monoisotopic (exact) mass is 412 g/mol. The summed E-state index contributed by atoms with van der Waals surface area (Å²) >= 11 is 1.19. The van der Waals surface area contributed by atoms with E-state index in [9.17, 15) is 14.0 Å². The maximum absolute atomic E-state index is 13.3. The van der Waals surface area contributed by atoms with Crippen LogP contribution < -0.4 is 10.6 Å². The van der Waals surface area contributed by atoms with Crippen LogP contribution >= 0.6 is 11.3 Å². The fourth-order valence-electron chi connectivity index (χ4n) is 3.39. The number of imidazole rings is 1. The first kappa shape index (κ1) is 19.3. The maximum Gasteiger partial charge on any atom is 0.262 e. The van der Waals surface area contributed by atoms with Crippen molar-refractivity contribution < 1.29 is 14.0 Å². The Balaban J connectivity index is 1.40. The van der Waals surface area contributed by atoms with Gasteiger partial charge in [0.1, 0.15) is 11.6 Å². The van der Waals surface area contributed by atoms with Gasteiger partial charge >= 0.3 is 0 Å². The zero-order valence-electron chi connectivity index (χ0n) is 16.0. The Kier molecular flexibility index (Phi) is 5.44. The van der Waals surface area contributed by atoms with Gasteiger partial charge in [0, 0.05) is 24.7 Å². The SMILES string of the molecule is Cc1cc(NC(=O)c2cccc(F)c2)sc1C(=O)NCc1cn2c(n1)CCCC2. The van der Waals surface area contributed by atoms with Crippen molar-refractivity contribution in [2.45, 2.75) is 39.3 Å². The van der Waals surface area contributed by atoms with E-state index < -0.39 is 11.7 Å². The standard InChI is InChI=1S/C21H21FN4O2S/c1-13-9-18(25-20(27)14-5-4-6-15(22)10-14)29-19(13)21(28)23-11-16-12-26-8-3-2-7-17(26)24-16/h4-6,9-10,12H,2-3,7-8,11H2,1H3,(H,23,28)(H,25,27). The molecule has 0 unspecified atom stereocenters. The highest BCUT2D eigenvalue weighted by Crippen LogP contribution is 2.27. The van der Waals surface area contributed by atoms with Crippen LogP contribution in [0.25, 0.3) is 0 Å². The van der Waals surface area contributed by atoms with Crippen molar-refractivity contribution in [3.05, 3.63) is 69.9 Å². The molecule has 29 heavy (non-hydrogen) atoms. The summed E-state index contributed by atoms with van der Waals surface area (Å²) in [6.07, 6.45) is 5.29. The van der Waals surface area contributed by atoms with Crippen LogP contribution in [0.1, 0.15) is 50.0 Å². The topological polar surface area (TPSA) is 76.0 Å². The minimum Gasteiger partial charge on any atom is -0.346 e. The first-order chi connectivity index (χ1) is 14.0. The minimum atomic E-state index is -0.471. The minimum absolute atomic E-state index is 0.204. The number of aryl methyl sites for hydroxylation is 3. The number of thiophene rings is 1. The summed E-state index contributed by atoms with van der Waals surface area (Å²) in [7, 11) is 0. The predicted molar refractivity (Wildman–Crippen MR) is 110 cm³/mol. The highest BCUT2D eigenvalue weighted by molar-refractivity contribution is 7.18. The van der Waals surface area contributed by atoms with Crippen molar-refractivity contribution in [2.75, 3.05) is 5.32 Å². The smallest absolute Gasteiger partial charge is 0.262 e. The third kappa shape index (κ3) is 4.37. The largest absolute Gasteiger partial charge is 0.346 e. The van der Waals surface area contributed by atoms with Gasteiger partial charge < -0.3 is 15.2 Å². The predicted octanol–water partition coefficient (Wildman–Crippen LogP) is 3.91. The lowest BCUT2D eigenvalue weighted by Gasteiger charge is -2.11. The molecule has 6 nitrogen and oxygen atoms in total. The van der Waals surface area contributed by atoms with Gasteiger partial charge in [0.2, 0.25) is 0 Å². The number of carbonyl (C=O) groups is 2. The number of aromatic nitrogens is 2. The van der Waals surface area contributed by atoms with Gasteiger partial charge in [0.25, 0.3) is 11.8 Å². The van der Waals surface area contributed by atoms with E-state index in [1.807, 2.05) is 13.1 Å². The lowest BCUT2D eigenvalue weighted by molar-refractivity contribution is 0.0953. The van der Waals surface area contributed by atoms with Crippen LogP contribution in [0.5, 0.6) is 0 Å². The number of benzene rings is 1. The number of carbonyl (C=O) groups excluding carboxylic acids is 2. The molecule has 1 aliphatic rings. The molecule has 1 aromatic carbocycles. The van der Waals surface area contributed by atoms with E-state index in [-0.39, 0.29) is 11.5 Å². The molecule has 0 radical (unpaired) electrons. The van der Waals surface area contributed by atoms with E-state index in [1.54, 1.807) is 6.07 Å². The van der Waals surface area contributed by atoms with E-state index >= 15 is 0 Å². The fraction of sp³-hybridized carbons (Fsp3) is 0.286. The van der Waals surface area contributed by atoms with E-state index in [0.717, 1.165) is 42.9 Å². The van der Waals surface area contributed by atoms with Crippen LogP contribution in [0.3, 0.4) is 0 Å². The van der Waals surface area contributed by atoms with Gasteiger partial charge in [-0.3, -0.25) is 9.59 Å². The van der Waals surface area contributed by atoms with Crippen LogP contribution in [-0.4, -0.2) is 21.4 Å². The summed E-state index contributed by atoms with van der Waals surface area (Å²) in [6.45, 7) is 3.16. The molecule has 2 N–H and O–H groups in total. The molecule has 0 saturated heterocycles. The number of rotatable bonds is 5. The van der Waals surface area contributed by atoms with Crippen LogP contribution in [-0.2, 0) is 19.5 Å². The molecule has 2 amide bonds. The Bertz CT molecular complexity index is 1050. The molecule has 0 aliphatic carbocycles. The second-order valence-corrected chi connectivity index (χ2v) is 8.12. The highest BCUT2D eigenvalue weighted by atomic mass is 32.1. The number of halogens is 1. The fourth-order valence-corrected chi connectivity index (χ4v) is 4.37. The lowest BCUT2D eigenvalue weighted by atomic mass is 10.2. The Labute approximate surface area is 171 Å². The van der Waals surface area contributed by atoms with Gasteiger partial charge in [-0.05, 0) is 49.6 Å². The van der Waals surface area contributed by atoms with E-state index in [0.29, 0.717) is 16.4 Å². The van der Waals surface area contributed by atoms with E-state index in [1.165, 1.54) is 35.6 Å². The Morgan fingerprint density at radius 2 is 2.10 bits per heavy atom. The molecular weight excluding hydrogens is 391 g/mol. The normalized spacial score (nSPS) is 13.0. The molecule has 8 heteroatoms. The average molecular weight is 412 g/mol. The van der Waals surface area contributed by atoms with Crippen molar-refractivity contribution in [3.8, 4) is 0 Å². The molecule has 3 heterocycles. The van der Waals surface area contributed by atoms with Crippen LogP contribution in [0.15, 0.2) is 36.5 Å². The molecule has 0 bridgehead atoms.